The Balaban J connectivity index is 3.62. The van der Waals surface area contributed by atoms with Gasteiger partial charge in [0.2, 0.25) is 11.8 Å². The third kappa shape index (κ3) is 11.1. The van der Waals surface area contributed by atoms with E-state index in [1.807, 2.05) is 60.6 Å². The molecular formula is C30H51N3O4. The highest BCUT2D eigenvalue weighted by molar-refractivity contribution is 5.92. The van der Waals surface area contributed by atoms with Crippen molar-refractivity contribution >= 4 is 17.9 Å². The van der Waals surface area contributed by atoms with E-state index in [9.17, 15) is 14.4 Å². The number of alkyl carbamates (subject to hydrolysis) is 1. The predicted molar refractivity (Wildman–Crippen MR) is 150 cm³/mol. The highest BCUT2D eigenvalue weighted by Crippen LogP contribution is 2.27. The van der Waals surface area contributed by atoms with Crippen LogP contribution in [-0.2, 0) is 14.3 Å². The largest absolute Gasteiger partial charge is 0.444 e. The van der Waals surface area contributed by atoms with Crippen molar-refractivity contribution in [2.75, 3.05) is 6.54 Å². The first-order valence-corrected chi connectivity index (χ1v) is 13.7. The van der Waals surface area contributed by atoms with Gasteiger partial charge in [-0.1, -0.05) is 69.4 Å². The molecule has 37 heavy (non-hydrogen) atoms. The number of carbonyl (C=O) groups is 3. The number of carbonyl (C=O) groups excluding carboxylic acids is 3. The summed E-state index contributed by atoms with van der Waals surface area (Å²) in [5, 5.41) is 5.92. The molecule has 1 rings (SSSR count). The van der Waals surface area contributed by atoms with E-state index in [1.54, 1.807) is 25.7 Å². The van der Waals surface area contributed by atoms with Crippen LogP contribution in [0.4, 0.5) is 4.79 Å². The second-order valence-corrected chi connectivity index (χ2v) is 12.3. The molecule has 0 bridgehead atoms. The zero-order valence-electron chi connectivity index (χ0n) is 25.1. The van der Waals surface area contributed by atoms with Crippen LogP contribution in [0.5, 0.6) is 0 Å². The highest BCUT2D eigenvalue weighted by atomic mass is 16.6. The molecule has 0 aliphatic rings. The van der Waals surface area contributed by atoms with Crippen molar-refractivity contribution in [3.8, 4) is 0 Å². The number of rotatable bonds is 11. The van der Waals surface area contributed by atoms with Gasteiger partial charge < -0.3 is 20.3 Å². The molecule has 3 amide bonds. The maximum Gasteiger partial charge on any atom is 0.408 e. The van der Waals surface area contributed by atoms with Gasteiger partial charge in [0, 0.05) is 12.1 Å². The van der Waals surface area contributed by atoms with E-state index in [2.05, 4.69) is 23.6 Å². The molecule has 7 heteroatoms. The Hall–Kier alpha value is -2.57. The first kappa shape index (κ1) is 32.5. The predicted octanol–water partition coefficient (Wildman–Crippen LogP) is 6.22. The number of amides is 3. The van der Waals surface area contributed by atoms with E-state index in [-0.39, 0.29) is 17.7 Å². The Morgan fingerprint density at radius 2 is 1.51 bits per heavy atom. The monoisotopic (exact) mass is 517 g/mol. The molecule has 2 N–H and O–H groups in total. The lowest BCUT2D eigenvalue weighted by molar-refractivity contribution is -0.144. The van der Waals surface area contributed by atoms with E-state index in [0.717, 1.165) is 36.0 Å². The molecule has 0 radical (unpaired) electrons. The van der Waals surface area contributed by atoms with Crippen molar-refractivity contribution in [3.05, 3.63) is 34.9 Å². The molecule has 1 aromatic rings. The van der Waals surface area contributed by atoms with Crippen LogP contribution >= 0.6 is 0 Å². The summed E-state index contributed by atoms with van der Waals surface area (Å²) >= 11 is 0. The van der Waals surface area contributed by atoms with Gasteiger partial charge in [-0.2, -0.15) is 0 Å². The van der Waals surface area contributed by atoms with Gasteiger partial charge in [-0.05, 0) is 73.3 Å². The Bertz CT molecular complexity index is 894. The Morgan fingerprint density at radius 1 is 0.946 bits per heavy atom. The molecule has 0 fully saturated rings. The number of aryl methyl sites for hydroxylation is 2. The lowest BCUT2D eigenvalue weighted by Crippen LogP contribution is -2.56. The van der Waals surface area contributed by atoms with Gasteiger partial charge in [0.15, 0.2) is 0 Å². The second-order valence-electron chi connectivity index (χ2n) is 12.3. The molecule has 0 saturated carbocycles. The van der Waals surface area contributed by atoms with E-state index >= 15 is 0 Å². The lowest BCUT2D eigenvalue weighted by Gasteiger charge is -2.37. The van der Waals surface area contributed by atoms with Gasteiger partial charge in [-0.15, -0.1) is 0 Å². The zero-order chi connectivity index (χ0) is 28.6. The minimum Gasteiger partial charge on any atom is -0.444 e. The van der Waals surface area contributed by atoms with E-state index in [1.165, 1.54) is 0 Å². The summed E-state index contributed by atoms with van der Waals surface area (Å²) in [5.74, 6) is -0.661. The van der Waals surface area contributed by atoms with E-state index < -0.39 is 29.3 Å². The van der Waals surface area contributed by atoms with E-state index in [4.69, 9.17) is 4.74 Å². The van der Waals surface area contributed by atoms with Crippen molar-refractivity contribution in [3.63, 3.8) is 0 Å². The lowest BCUT2D eigenvalue weighted by atomic mass is 9.94. The Morgan fingerprint density at radius 3 is 1.97 bits per heavy atom. The molecule has 0 aliphatic heterocycles. The zero-order valence-corrected chi connectivity index (χ0v) is 25.1. The topological polar surface area (TPSA) is 87.7 Å². The smallest absolute Gasteiger partial charge is 0.408 e. The van der Waals surface area contributed by atoms with Gasteiger partial charge in [-0.25, -0.2) is 4.79 Å². The van der Waals surface area contributed by atoms with Crippen LogP contribution in [-0.4, -0.2) is 46.5 Å². The third-order valence-corrected chi connectivity index (χ3v) is 6.05. The fourth-order valence-electron chi connectivity index (χ4n) is 4.27. The van der Waals surface area contributed by atoms with Gasteiger partial charge in [0.1, 0.15) is 17.7 Å². The van der Waals surface area contributed by atoms with Crippen molar-refractivity contribution in [2.24, 2.45) is 5.92 Å². The number of benzene rings is 1. The van der Waals surface area contributed by atoms with Crippen molar-refractivity contribution in [1.82, 2.24) is 15.5 Å². The number of unbranched alkanes of at least 4 members (excludes halogenated alkanes) is 2. The quantitative estimate of drug-likeness (QED) is 0.341. The summed E-state index contributed by atoms with van der Waals surface area (Å²) < 4.78 is 5.48. The third-order valence-electron chi connectivity index (χ3n) is 6.05. The van der Waals surface area contributed by atoms with Crippen LogP contribution in [0.15, 0.2) is 18.2 Å². The van der Waals surface area contributed by atoms with E-state index in [0.29, 0.717) is 13.0 Å². The Kier molecular flexibility index (Phi) is 12.1. The maximum absolute atomic E-state index is 14.3. The number of hydrogen-bond acceptors (Lipinski definition) is 4. The van der Waals surface area contributed by atoms with Crippen molar-refractivity contribution < 1.29 is 19.1 Å². The van der Waals surface area contributed by atoms with Crippen molar-refractivity contribution in [1.29, 1.82) is 0 Å². The van der Waals surface area contributed by atoms with Crippen LogP contribution in [0.25, 0.3) is 0 Å². The average Bonchev–Trinajstić information content (AvgIpc) is 2.72. The first-order chi connectivity index (χ1) is 17.0. The molecule has 0 heterocycles. The summed E-state index contributed by atoms with van der Waals surface area (Å²) in [5.41, 5.74) is 1.65. The fraction of sp³-hybridized carbons (Fsp3) is 0.700. The van der Waals surface area contributed by atoms with Gasteiger partial charge in [-0.3, -0.25) is 9.59 Å². The van der Waals surface area contributed by atoms with Gasteiger partial charge in [0.25, 0.3) is 0 Å². The van der Waals surface area contributed by atoms with Gasteiger partial charge in [0.05, 0.1) is 0 Å². The molecule has 0 aromatic heterocycles. The summed E-state index contributed by atoms with van der Waals surface area (Å²) in [7, 11) is 0. The highest BCUT2D eigenvalue weighted by Gasteiger charge is 2.38. The van der Waals surface area contributed by atoms with Crippen LogP contribution in [0, 0.1) is 19.8 Å². The Labute approximate surface area is 225 Å². The number of ether oxygens (including phenoxy) is 1. The van der Waals surface area contributed by atoms with Crippen LogP contribution in [0.3, 0.4) is 0 Å². The molecule has 0 aliphatic carbocycles. The first-order valence-electron chi connectivity index (χ1n) is 13.7. The molecule has 3 atom stereocenters. The van der Waals surface area contributed by atoms with Crippen LogP contribution in [0.2, 0.25) is 0 Å². The molecular weight excluding hydrogens is 466 g/mol. The summed E-state index contributed by atoms with van der Waals surface area (Å²) in [6, 6.07) is 4.35. The molecule has 0 saturated heterocycles. The number of nitrogens with one attached hydrogen (secondary N) is 2. The van der Waals surface area contributed by atoms with Gasteiger partial charge >= 0.3 is 6.09 Å². The summed E-state index contributed by atoms with van der Waals surface area (Å²) in [4.78, 5) is 42.5. The fourth-order valence-corrected chi connectivity index (χ4v) is 4.27. The molecule has 7 nitrogen and oxygen atoms in total. The minimum atomic E-state index is -0.825. The summed E-state index contributed by atoms with van der Waals surface area (Å²) in [6.07, 6.45) is 2.71. The maximum atomic E-state index is 14.3. The average molecular weight is 518 g/mol. The molecule has 1 aromatic carbocycles. The summed E-state index contributed by atoms with van der Waals surface area (Å²) in [6.45, 7) is 21.6. The molecule has 0 spiro atoms. The van der Waals surface area contributed by atoms with Crippen molar-refractivity contribution in [2.45, 2.75) is 125 Å². The van der Waals surface area contributed by atoms with Crippen LogP contribution < -0.4 is 10.6 Å². The minimum absolute atomic E-state index is 0.153. The normalized spacial score (nSPS) is 14.4. The second kappa shape index (κ2) is 13.8. The standard InChI is InChI=1S/C30H51N3O4/c1-12-14-15-16-33(27(35)24(22(5)13-2)31-28(36)37-30(9,10)11)25(26(34)32-29(6,7)8)23-18-20(3)17-21(4)19-23/h17-19,22,24-25H,12-16H2,1-11H3,(H,31,36)(H,32,34). The molecule has 3 unspecified atom stereocenters. The number of nitrogens with zero attached hydrogens (tertiary/aromatic N) is 1. The van der Waals surface area contributed by atoms with Crippen LogP contribution in [0.1, 0.15) is 111 Å². The molecule has 210 valence electrons. The SMILES string of the molecule is CCCCCN(C(=O)C(NC(=O)OC(C)(C)C)C(C)CC)C(C(=O)NC(C)(C)C)c1cc(C)cc(C)c1. The number of hydrogen-bond donors (Lipinski definition) is 2.